The molecular weight excluding hydrogens is 342 g/mol. The Balaban J connectivity index is 1.80. The van der Waals surface area contributed by atoms with Crippen molar-refractivity contribution < 1.29 is 18.6 Å². The van der Waals surface area contributed by atoms with E-state index in [0.717, 1.165) is 47.1 Å². The zero-order valence-electron chi connectivity index (χ0n) is 15.6. The van der Waals surface area contributed by atoms with E-state index in [-0.39, 0.29) is 6.10 Å². The van der Waals surface area contributed by atoms with Crippen molar-refractivity contribution in [2.45, 2.75) is 18.9 Å². The zero-order chi connectivity index (χ0) is 18.6. The number of hydrogen-bond acceptors (Lipinski definition) is 5. The molecule has 1 atom stereocenters. The first-order valence-electron chi connectivity index (χ1n) is 9.16. The summed E-state index contributed by atoms with van der Waals surface area (Å²) in [6, 6.07) is 15.7. The van der Waals surface area contributed by atoms with Gasteiger partial charge in [0.25, 0.3) is 0 Å². The van der Waals surface area contributed by atoms with Crippen molar-refractivity contribution in [3.05, 3.63) is 53.9 Å². The van der Waals surface area contributed by atoms with Gasteiger partial charge in [-0.05, 0) is 43.2 Å². The lowest BCUT2D eigenvalue weighted by atomic mass is 10.1. The molecule has 0 saturated carbocycles. The summed E-state index contributed by atoms with van der Waals surface area (Å²) < 4.78 is 22.6. The fourth-order valence-corrected chi connectivity index (χ4v) is 3.37. The molecule has 0 spiro atoms. The maximum Gasteiger partial charge on any atom is 0.161 e. The molecule has 0 amide bonds. The first kappa shape index (κ1) is 17.6. The Morgan fingerprint density at radius 1 is 1.04 bits per heavy atom. The molecule has 1 saturated heterocycles. The van der Waals surface area contributed by atoms with Gasteiger partial charge in [-0.1, -0.05) is 12.1 Å². The molecule has 0 N–H and O–H groups in total. The van der Waals surface area contributed by atoms with Crippen LogP contribution in [-0.2, 0) is 4.74 Å². The lowest BCUT2D eigenvalue weighted by Crippen LogP contribution is -2.13. The predicted octanol–water partition coefficient (Wildman–Crippen LogP) is 4.20. The summed E-state index contributed by atoms with van der Waals surface area (Å²) in [6.45, 7) is 1.50. The van der Waals surface area contributed by atoms with Crippen molar-refractivity contribution in [1.29, 1.82) is 0 Å². The van der Waals surface area contributed by atoms with Crippen LogP contribution in [-0.4, -0.2) is 33.5 Å². The molecule has 1 aliphatic rings. The number of nitrogens with zero attached hydrogens (tertiary/aromatic N) is 1. The van der Waals surface area contributed by atoms with Crippen LogP contribution in [0, 0.1) is 0 Å². The highest BCUT2D eigenvalue weighted by molar-refractivity contribution is 5.78. The van der Waals surface area contributed by atoms with E-state index in [2.05, 4.69) is 0 Å². The van der Waals surface area contributed by atoms with Crippen molar-refractivity contribution >= 4 is 11.0 Å². The zero-order valence-corrected chi connectivity index (χ0v) is 15.6. The smallest absolute Gasteiger partial charge is 0.161 e. The highest BCUT2D eigenvalue weighted by atomic mass is 16.5. The molecule has 0 unspecified atom stereocenters. The molecule has 1 aromatic heterocycles. The van der Waals surface area contributed by atoms with Crippen molar-refractivity contribution in [2.24, 2.45) is 4.99 Å². The molecule has 0 aliphatic carbocycles. The van der Waals surface area contributed by atoms with E-state index in [9.17, 15) is 0 Å². The van der Waals surface area contributed by atoms with Crippen LogP contribution in [0.25, 0.3) is 22.3 Å². The standard InChI is InChI=1S/C22H23NO4/c1-24-20-10-9-15(12-22(20)25-2)21-13-18(23-14-16-6-5-11-26-16)17-7-3-4-8-19(17)27-21/h3-4,7-10,12-13,16H,5-6,11,14H2,1-2H3/t16-/m1/s1. The first-order valence-corrected chi connectivity index (χ1v) is 9.16. The highest BCUT2D eigenvalue weighted by Gasteiger charge is 2.15. The van der Waals surface area contributed by atoms with Gasteiger partial charge in [-0.15, -0.1) is 0 Å². The summed E-state index contributed by atoms with van der Waals surface area (Å²) in [5.74, 6) is 2.09. The van der Waals surface area contributed by atoms with E-state index in [1.165, 1.54) is 0 Å². The van der Waals surface area contributed by atoms with Gasteiger partial charge in [0.2, 0.25) is 0 Å². The molecule has 2 heterocycles. The molecule has 1 fully saturated rings. The highest BCUT2D eigenvalue weighted by Crippen LogP contribution is 2.32. The topological polar surface area (TPSA) is 53.2 Å². The number of benzene rings is 2. The minimum atomic E-state index is 0.213. The van der Waals surface area contributed by atoms with E-state index < -0.39 is 0 Å². The number of rotatable bonds is 5. The summed E-state index contributed by atoms with van der Waals surface area (Å²) in [5, 5.41) is 1.91. The van der Waals surface area contributed by atoms with Gasteiger partial charge in [0.15, 0.2) is 11.5 Å². The van der Waals surface area contributed by atoms with E-state index in [4.69, 9.17) is 23.6 Å². The second-order valence-electron chi connectivity index (χ2n) is 6.54. The second kappa shape index (κ2) is 7.84. The Morgan fingerprint density at radius 2 is 1.89 bits per heavy atom. The van der Waals surface area contributed by atoms with Crippen LogP contribution in [0.1, 0.15) is 12.8 Å². The van der Waals surface area contributed by atoms with Gasteiger partial charge in [-0.25, -0.2) is 0 Å². The Bertz CT molecular complexity index is 1000. The van der Waals surface area contributed by atoms with Crippen LogP contribution in [0.3, 0.4) is 0 Å². The van der Waals surface area contributed by atoms with Gasteiger partial charge in [0, 0.05) is 23.6 Å². The summed E-state index contributed by atoms with van der Waals surface area (Å²) in [4.78, 5) is 4.84. The molecule has 0 bridgehead atoms. The van der Waals surface area contributed by atoms with Gasteiger partial charge < -0.3 is 18.6 Å². The van der Waals surface area contributed by atoms with Gasteiger partial charge >= 0.3 is 0 Å². The van der Waals surface area contributed by atoms with Gasteiger partial charge in [0.1, 0.15) is 11.3 Å². The Hall–Kier alpha value is -2.79. The molecular formula is C22H23NO4. The van der Waals surface area contributed by atoms with E-state index in [1.54, 1.807) is 14.2 Å². The summed E-state index contributed by atoms with van der Waals surface area (Å²) >= 11 is 0. The summed E-state index contributed by atoms with van der Waals surface area (Å²) in [6.07, 6.45) is 2.40. The summed E-state index contributed by atoms with van der Waals surface area (Å²) in [5.41, 5.74) is 1.71. The monoisotopic (exact) mass is 365 g/mol. The minimum absolute atomic E-state index is 0.213. The van der Waals surface area contributed by atoms with Crippen LogP contribution in [0.4, 0.5) is 0 Å². The van der Waals surface area contributed by atoms with Crippen molar-refractivity contribution in [1.82, 2.24) is 0 Å². The van der Waals surface area contributed by atoms with E-state index in [0.29, 0.717) is 18.0 Å². The molecule has 1 aliphatic heterocycles. The number of para-hydroxylation sites is 1. The SMILES string of the molecule is COc1ccc(-c2cc(=NC[C@H]3CCCO3)c3ccccc3o2)cc1OC. The molecule has 140 valence electrons. The maximum atomic E-state index is 6.15. The maximum absolute atomic E-state index is 6.15. The fourth-order valence-electron chi connectivity index (χ4n) is 3.37. The predicted molar refractivity (Wildman–Crippen MR) is 104 cm³/mol. The van der Waals surface area contributed by atoms with E-state index >= 15 is 0 Å². The number of methoxy groups -OCH3 is 2. The molecule has 2 aromatic carbocycles. The van der Waals surface area contributed by atoms with Crippen LogP contribution in [0.5, 0.6) is 11.5 Å². The molecule has 27 heavy (non-hydrogen) atoms. The van der Waals surface area contributed by atoms with Crippen LogP contribution >= 0.6 is 0 Å². The molecule has 5 nitrogen and oxygen atoms in total. The number of hydrogen-bond donors (Lipinski definition) is 0. The van der Waals surface area contributed by atoms with Gasteiger partial charge in [0.05, 0.1) is 32.2 Å². The number of ether oxygens (including phenoxy) is 3. The quantitative estimate of drug-likeness (QED) is 0.680. The second-order valence-corrected chi connectivity index (χ2v) is 6.54. The normalized spacial score (nSPS) is 17.4. The van der Waals surface area contributed by atoms with Crippen LogP contribution in [0.2, 0.25) is 0 Å². The third kappa shape index (κ3) is 3.69. The lowest BCUT2D eigenvalue weighted by molar-refractivity contribution is 0.117. The van der Waals surface area contributed by atoms with Gasteiger partial charge in [-0.2, -0.15) is 0 Å². The Kier molecular flexibility index (Phi) is 5.12. The number of fused-ring (bicyclic) bond motifs is 1. The molecule has 3 aromatic rings. The first-order chi connectivity index (χ1) is 13.3. The third-order valence-corrected chi connectivity index (χ3v) is 4.81. The third-order valence-electron chi connectivity index (χ3n) is 4.81. The fraction of sp³-hybridized carbons (Fsp3) is 0.318. The molecule has 5 heteroatoms. The van der Waals surface area contributed by atoms with Crippen molar-refractivity contribution in [3.8, 4) is 22.8 Å². The average molecular weight is 365 g/mol. The van der Waals surface area contributed by atoms with Crippen LogP contribution < -0.4 is 14.8 Å². The summed E-state index contributed by atoms with van der Waals surface area (Å²) in [7, 11) is 3.25. The Morgan fingerprint density at radius 3 is 2.67 bits per heavy atom. The largest absolute Gasteiger partial charge is 0.493 e. The van der Waals surface area contributed by atoms with Crippen LogP contribution in [0.15, 0.2) is 57.9 Å². The van der Waals surface area contributed by atoms with Crippen molar-refractivity contribution in [3.63, 3.8) is 0 Å². The average Bonchev–Trinajstić information content (AvgIpc) is 3.25. The van der Waals surface area contributed by atoms with E-state index in [1.807, 2.05) is 48.5 Å². The molecule has 4 rings (SSSR count). The Labute approximate surface area is 158 Å². The van der Waals surface area contributed by atoms with Gasteiger partial charge in [-0.3, -0.25) is 4.99 Å². The minimum Gasteiger partial charge on any atom is -0.493 e. The van der Waals surface area contributed by atoms with Crippen molar-refractivity contribution in [2.75, 3.05) is 27.4 Å². The molecule has 0 radical (unpaired) electrons. The lowest BCUT2D eigenvalue weighted by Gasteiger charge is -2.10.